The molecule has 0 aliphatic heterocycles. The van der Waals surface area contributed by atoms with Crippen molar-refractivity contribution < 1.29 is 4.79 Å². The fourth-order valence-corrected chi connectivity index (χ4v) is 1.68. The summed E-state index contributed by atoms with van der Waals surface area (Å²) in [5, 5.41) is 3.11. The molecule has 0 radical (unpaired) electrons. The minimum absolute atomic E-state index is 0.0500. The Kier molecular flexibility index (Phi) is 3.50. The van der Waals surface area contributed by atoms with Crippen molar-refractivity contribution in [2.45, 2.75) is 13.3 Å². The van der Waals surface area contributed by atoms with Gasteiger partial charge >= 0.3 is 0 Å². The Morgan fingerprint density at radius 3 is 2.89 bits per heavy atom. The van der Waals surface area contributed by atoms with Gasteiger partial charge in [0.05, 0.1) is 17.6 Å². The van der Waals surface area contributed by atoms with Gasteiger partial charge in [-0.2, -0.15) is 0 Å². The van der Waals surface area contributed by atoms with Gasteiger partial charge in [0.15, 0.2) is 0 Å². The van der Waals surface area contributed by atoms with E-state index in [0.29, 0.717) is 6.54 Å². The molecule has 0 aliphatic rings. The van der Waals surface area contributed by atoms with Crippen LogP contribution in [0.4, 0.5) is 5.69 Å². The quantitative estimate of drug-likeness (QED) is 0.862. The van der Waals surface area contributed by atoms with Crippen molar-refractivity contribution in [2.24, 2.45) is 0 Å². The van der Waals surface area contributed by atoms with Crippen molar-refractivity contribution in [1.82, 2.24) is 14.9 Å². The highest BCUT2D eigenvalue weighted by atomic mass is 16.2. The molecule has 2 aromatic rings. The average molecular weight is 246 g/mol. The second-order valence-corrected chi connectivity index (χ2v) is 4.41. The summed E-state index contributed by atoms with van der Waals surface area (Å²) in [6.45, 7) is 2.36. The van der Waals surface area contributed by atoms with Gasteiger partial charge in [0.25, 0.3) is 0 Å². The minimum Gasteiger partial charge on any atom is -0.376 e. The number of nitrogens with one attached hydrogen (secondary N) is 2. The van der Waals surface area contributed by atoms with Crippen molar-refractivity contribution in [2.75, 3.05) is 26.0 Å². The molecule has 0 aliphatic carbocycles. The standard InChI is InChI=1S/C13H18N4O/c1-4-12-15-10-6-5-9(7-11(10)16-12)14-8-13(18)17(2)3/h5-7,14H,4,8H2,1-3H3,(H,15,16). The number of amides is 1. The van der Waals surface area contributed by atoms with Crippen molar-refractivity contribution in [3.63, 3.8) is 0 Å². The van der Waals surface area contributed by atoms with Crippen LogP contribution in [0.2, 0.25) is 0 Å². The van der Waals surface area contributed by atoms with E-state index >= 15 is 0 Å². The van der Waals surface area contributed by atoms with Crippen LogP contribution in [0.25, 0.3) is 11.0 Å². The number of rotatable bonds is 4. The number of anilines is 1. The number of benzene rings is 1. The second-order valence-electron chi connectivity index (χ2n) is 4.41. The van der Waals surface area contributed by atoms with Crippen LogP contribution in [0.15, 0.2) is 18.2 Å². The summed E-state index contributed by atoms with van der Waals surface area (Å²) in [5.74, 6) is 1.03. The summed E-state index contributed by atoms with van der Waals surface area (Å²) in [6.07, 6.45) is 0.885. The van der Waals surface area contributed by atoms with Crippen LogP contribution in [0.3, 0.4) is 0 Å². The SMILES string of the molecule is CCc1nc2ccc(NCC(=O)N(C)C)cc2[nH]1. The molecule has 96 valence electrons. The van der Waals surface area contributed by atoms with Gasteiger partial charge in [-0.05, 0) is 18.2 Å². The third-order valence-electron chi connectivity index (χ3n) is 2.81. The molecule has 1 aromatic carbocycles. The minimum atomic E-state index is 0.0500. The molecule has 1 aromatic heterocycles. The summed E-state index contributed by atoms with van der Waals surface area (Å²) >= 11 is 0. The number of carbonyl (C=O) groups is 1. The summed E-state index contributed by atoms with van der Waals surface area (Å²) in [5.41, 5.74) is 2.87. The van der Waals surface area contributed by atoms with Crippen LogP contribution in [-0.2, 0) is 11.2 Å². The number of aromatic amines is 1. The lowest BCUT2D eigenvalue weighted by Gasteiger charge is -2.11. The van der Waals surface area contributed by atoms with E-state index in [1.807, 2.05) is 18.2 Å². The Balaban J connectivity index is 2.12. The normalized spacial score (nSPS) is 10.6. The predicted molar refractivity (Wildman–Crippen MR) is 72.7 cm³/mol. The molecule has 2 N–H and O–H groups in total. The van der Waals surface area contributed by atoms with Crippen LogP contribution in [-0.4, -0.2) is 41.4 Å². The van der Waals surface area contributed by atoms with Gasteiger partial charge in [-0.15, -0.1) is 0 Å². The lowest BCUT2D eigenvalue weighted by Crippen LogP contribution is -2.28. The number of hydrogen-bond donors (Lipinski definition) is 2. The Labute approximate surface area is 106 Å². The molecule has 0 fully saturated rings. The molecular weight excluding hydrogens is 228 g/mol. The Morgan fingerprint density at radius 1 is 1.44 bits per heavy atom. The first-order valence-corrected chi connectivity index (χ1v) is 6.03. The third-order valence-corrected chi connectivity index (χ3v) is 2.81. The number of aryl methyl sites for hydroxylation is 1. The fraction of sp³-hybridized carbons (Fsp3) is 0.385. The first-order valence-electron chi connectivity index (χ1n) is 6.03. The Morgan fingerprint density at radius 2 is 2.22 bits per heavy atom. The van der Waals surface area contributed by atoms with Crippen LogP contribution < -0.4 is 5.32 Å². The molecule has 0 saturated carbocycles. The van der Waals surface area contributed by atoms with Crippen LogP contribution in [0.5, 0.6) is 0 Å². The largest absolute Gasteiger partial charge is 0.376 e. The molecule has 18 heavy (non-hydrogen) atoms. The Hall–Kier alpha value is -2.04. The number of carbonyl (C=O) groups excluding carboxylic acids is 1. The molecule has 0 bridgehead atoms. The molecule has 0 unspecified atom stereocenters. The van der Waals surface area contributed by atoms with Crippen molar-refractivity contribution in [3.05, 3.63) is 24.0 Å². The first-order chi connectivity index (χ1) is 8.60. The van der Waals surface area contributed by atoms with Crippen LogP contribution in [0.1, 0.15) is 12.7 Å². The summed E-state index contributed by atoms with van der Waals surface area (Å²) in [6, 6.07) is 5.86. The van der Waals surface area contributed by atoms with Gasteiger partial charge in [0, 0.05) is 26.2 Å². The Bertz CT molecular complexity index is 559. The zero-order valence-electron chi connectivity index (χ0n) is 10.9. The average Bonchev–Trinajstić information content (AvgIpc) is 2.77. The number of likely N-dealkylation sites (N-methyl/N-ethyl adjacent to an activating group) is 1. The van der Waals surface area contributed by atoms with E-state index < -0.39 is 0 Å². The maximum atomic E-state index is 11.5. The molecule has 0 saturated heterocycles. The highest BCUT2D eigenvalue weighted by molar-refractivity contribution is 5.83. The summed E-state index contributed by atoms with van der Waals surface area (Å²) in [7, 11) is 3.49. The topological polar surface area (TPSA) is 61.0 Å². The molecule has 2 rings (SSSR count). The molecule has 1 amide bonds. The van der Waals surface area contributed by atoms with Crippen molar-refractivity contribution in [1.29, 1.82) is 0 Å². The molecule has 0 spiro atoms. The smallest absolute Gasteiger partial charge is 0.241 e. The zero-order chi connectivity index (χ0) is 13.1. The van der Waals surface area contributed by atoms with E-state index in [0.717, 1.165) is 29.0 Å². The fourth-order valence-electron chi connectivity index (χ4n) is 1.68. The molecule has 1 heterocycles. The molecule has 5 nitrogen and oxygen atoms in total. The van der Waals surface area contributed by atoms with Gasteiger partial charge in [0.1, 0.15) is 5.82 Å². The first kappa shape index (κ1) is 12.4. The lowest BCUT2D eigenvalue weighted by atomic mass is 10.3. The van der Waals surface area contributed by atoms with E-state index in [-0.39, 0.29) is 5.91 Å². The number of fused-ring (bicyclic) bond motifs is 1. The monoisotopic (exact) mass is 246 g/mol. The molecular formula is C13H18N4O. The lowest BCUT2D eigenvalue weighted by molar-refractivity contribution is -0.126. The maximum absolute atomic E-state index is 11.5. The molecule has 0 atom stereocenters. The zero-order valence-corrected chi connectivity index (χ0v) is 10.9. The predicted octanol–water partition coefficient (Wildman–Crippen LogP) is 1.63. The van der Waals surface area contributed by atoms with Gasteiger partial charge in [-0.25, -0.2) is 4.98 Å². The third kappa shape index (κ3) is 2.61. The number of imidazole rings is 1. The summed E-state index contributed by atoms with van der Waals surface area (Å²) < 4.78 is 0. The van der Waals surface area contributed by atoms with Crippen molar-refractivity contribution in [3.8, 4) is 0 Å². The maximum Gasteiger partial charge on any atom is 0.241 e. The van der Waals surface area contributed by atoms with Crippen LogP contribution >= 0.6 is 0 Å². The highest BCUT2D eigenvalue weighted by Gasteiger charge is 2.05. The van der Waals surface area contributed by atoms with E-state index in [2.05, 4.69) is 22.2 Å². The summed E-state index contributed by atoms with van der Waals surface area (Å²) in [4.78, 5) is 20.7. The number of H-pyrrole nitrogens is 1. The van der Waals surface area contributed by atoms with E-state index in [1.54, 1.807) is 19.0 Å². The van der Waals surface area contributed by atoms with Crippen LogP contribution in [0, 0.1) is 0 Å². The van der Waals surface area contributed by atoms with E-state index in [9.17, 15) is 4.79 Å². The molecule has 5 heteroatoms. The van der Waals surface area contributed by atoms with E-state index in [4.69, 9.17) is 0 Å². The number of aromatic nitrogens is 2. The second kappa shape index (κ2) is 5.08. The van der Waals surface area contributed by atoms with Gasteiger partial charge in [-0.1, -0.05) is 6.92 Å². The van der Waals surface area contributed by atoms with Gasteiger partial charge in [-0.3, -0.25) is 4.79 Å². The number of hydrogen-bond acceptors (Lipinski definition) is 3. The van der Waals surface area contributed by atoms with Gasteiger partial charge < -0.3 is 15.2 Å². The van der Waals surface area contributed by atoms with Crippen molar-refractivity contribution >= 4 is 22.6 Å². The van der Waals surface area contributed by atoms with Gasteiger partial charge in [0.2, 0.25) is 5.91 Å². The van der Waals surface area contributed by atoms with E-state index in [1.165, 1.54) is 0 Å². The number of nitrogens with zero attached hydrogens (tertiary/aromatic N) is 2. The highest BCUT2D eigenvalue weighted by Crippen LogP contribution is 2.17.